The van der Waals surface area contributed by atoms with E-state index in [9.17, 15) is 28.9 Å². The Labute approximate surface area is 451 Å². The summed E-state index contributed by atoms with van der Waals surface area (Å²) in [5, 5.41) is 9.80. The number of hydrogen-bond acceptors (Lipinski definition) is 10. The Morgan fingerprint density at radius 3 is 1.11 bits per heavy atom. The van der Waals surface area contributed by atoms with Crippen LogP contribution in [-0.4, -0.2) is 66.5 Å². The zero-order valence-electron chi connectivity index (χ0n) is 47.0. The van der Waals surface area contributed by atoms with Crippen LogP contribution in [-0.2, 0) is 42.2 Å². The molecule has 0 aromatic carbocycles. The van der Waals surface area contributed by atoms with Gasteiger partial charge in [-0.1, -0.05) is 209 Å². The normalized spacial score (nSPS) is 14.0. The fourth-order valence-corrected chi connectivity index (χ4v) is 8.63. The van der Waals surface area contributed by atoms with Crippen molar-refractivity contribution in [2.45, 2.75) is 264 Å². The summed E-state index contributed by atoms with van der Waals surface area (Å²) < 4.78 is 39.5. The molecule has 0 aromatic rings. The topological polar surface area (TPSA) is 155 Å². The maximum atomic E-state index is 12.9. The van der Waals surface area contributed by atoms with Gasteiger partial charge in [0.15, 0.2) is 6.10 Å². The molecular weight excluding hydrogens is 952 g/mol. The maximum absolute atomic E-state index is 12.9. The van der Waals surface area contributed by atoms with Gasteiger partial charge >= 0.3 is 25.7 Å². The molecular formula is C62H107O11P. The molecule has 0 saturated heterocycles. The van der Waals surface area contributed by atoms with E-state index >= 15 is 0 Å². The molecule has 0 aliphatic rings. The molecule has 0 saturated carbocycles. The molecule has 0 fully saturated rings. The van der Waals surface area contributed by atoms with Crippen LogP contribution >= 0.6 is 7.82 Å². The quantitative estimate of drug-likeness (QED) is 0.0197. The third-order valence-electron chi connectivity index (χ3n) is 12.3. The zero-order chi connectivity index (χ0) is 54.1. The van der Waals surface area contributed by atoms with Crippen LogP contribution in [0.5, 0.6) is 0 Å². The first-order valence-corrected chi connectivity index (χ1v) is 31.0. The van der Waals surface area contributed by atoms with Crippen LogP contribution in [0.15, 0.2) is 85.1 Å². The van der Waals surface area contributed by atoms with Gasteiger partial charge < -0.3 is 24.2 Å². The minimum atomic E-state index is -4.76. The highest BCUT2D eigenvalue weighted by Gasteiger charge is 2.28. The summed E-state index contributed by atoms with van der Waals surface area (Å²) in [6.07, 6.45) is 64.0. The Morgan fingerprint density at radius 1 is 0.392 bits per heavy atom. The van der Waals surface area contributed by atoms with Gasteiger partial charge in [0.05, 0.1) is 19.8 Å². The highest BCUT2D eigenvalue weighted by Crippen LogP contribution is 2.43. The van der Waals surface area contributed by atoms with Crippen molar-refractivity contribution in [3.05, 3.63) is 85.1 Å². The Morgan fingerprint density at radius 2 is 0.703 bits per heavy atom. The second kappa shape index (κ2) is 55.9. The molecule has 0 aliphatic heterocycles. The van der Waals surface area contributed by atoms with Crippen molar-refractivity contribution in [3.8, 4) is 0 Å². The number of esters is 3. The molecule has 0 amide bonds. The smallest absolute Gasteiger partial charge is 0.462 e. The highest BCUT2D eigenvalue weighted by molar-refractivity contribution is 7.47. The largest absolute Gasteiger partial charge is 0.472 e. The molecule has 3 atom stereocenters. The molecule has 2 N–H and O–H groups in total. The minimum Gasteiger partial charge on any atom is -0.462 e. The van der Waals surface area contributed by atoms with Gasteiger partial charge in [-0.05, 0) is 109 Å². The lowest BCUT2D eigenvalue weighted by Gasteiger charge is -2.21. The average molecular weight is 1060 g/mol. The van der Waals surface area contributed by atoms with Gasteiger partial charge in [0.2, 0.25) is 0 Å². The van der Waals surface area contributed by atoms with E-state index in [1.54, 1.807) is 0 Å². The van der Waals surface area contributed by atoms with E-state index < -0.39 is 57.8 Å². The monoisotopic (exact) mass is 1060 g/mol. The summed E-state index contributed by atoms with van der Waals surface area (Å²) in [5.74, 6) is -1.51. The van der Waals surface area contributed by atoms with Crippen molar-refractivity contribution in [1.82, 2.24) is 0 Å². The second-order valence-corrected chi connectivity index (χ2v) is 20.8. The van der Waals surface area contributed by atoms with Crippen molar-refractivity contribution < 1.29 is 52.2 Å². The zero-order valence-corrected chi connectivity index (χ0v) is 47.9. The number of hydrogen-bond donors (Lipinski definition) is 2. The summed E-state index contributed by atoms with van der Waals surface area (Å²) in [5.41, 5.74) is 0. The standard InChI is InChI=1S/C62H107O11P/c1-4-7-10-13-16-19-22-25-27-29-31-34-36-39-42-45-48-51-60(64)69-55-59(73-62(66)53-50-47-44-41-38-35-32-30-28-26-23-20-17-14-11-8-5-2)57-71-74(67,68)70-56-58(54-63)72-61(65)52-49-46-43-40-37-33-24-21-18-15-12-9-6-3/h8-9,11-12,17-18,20-21,25-28,33,37,58-59,63H,4-7,10,13-16,19,22-24,29-32,34-36,38-57H2,1-3H3,(H,67,68)/b11-8-,12-9-,20-17-,21-18-,27-25-,28-26-,37-33-. The van der Waals surface area contributed by atoms with E-state index in [2.05, 4.69) is 106 Å². The van der Waals surface area contributed by atoms with Gasteiger partial charge in [-0.3, -0.25) is 23.4 Å². The molecule has 0 aromatic heterocycles. The number of allylic oxidation sites excluding steroid dienone is 14. The maximum Gasteiger partial charge on any atom is 0.472 e. The molecule has 0 heterocycles. The Hall–Kier alpha value is -3.34. The SMILES string of the molecule is CC/C=C\C/C=C\C/C=C\CCCCCCCCCC(=O)OC(COC(=O)CCCCCCCCC/C=C\CCCCCCCC)COP(=O)(O)OCC(CO)OC(=O)CCCCC/C=C\C/C=C\C/C=C\CC. The first-order chi connectivity index (χ1) is 36.2. The van der Waals surface area contributed by atoms with E-state index in [0.717, 1.165) is 122 Å². The van der Waals surface area contributed by atoms with Gasteiger partial charge in [-0.25, -0.2) is 4.57 Å². The van der Waals surface area contributed by atoms with Crippen molar-refractivity contribution in [3.63, 3.8) is 0 Å². The van der Waals surface area contributed by atoms with E-state index in [1.807, 2.05) is 0 Å². The van der Waals surface area contributed by atoms with Crippen molar-refractivity contribution in [2.75, 3.05) is 26.4 Å². The Bertz CT molecular complexity index is 1560. The predicted molar refractivity (Wildman–Crippen MR) is 307 cm³/mol. The fraction of sp³-hybridized carbons (Fsp3) is 0.726. The van der Waals surface area contributed by atoms with Crippen molar-refractivity contribution >= 4 is 25.7 Å². The van der Waals surface area contributed by atoms with Crippen LogP contribution in [0.4, 0.5) is 0 Å². The summed E-state index contributed by atoms with van der Waals surface area (Å²) in [6, 6.07) is 0. The molecule has 3 unspecified atom stereocenters. The van der Waals surface area contributed by atoms with Crippen molar-refractivity contribution in [2.24, 2.45) is 0 Å². The van der Waals surface area contributed by atoms with Gasteiger partial charge in [0.1, 0.15) is 12.7 Å². The van der Waals surface area contributed by atoms with Gasteiger partial charge in [-0.2, -0.15) is 0 Å². The lowest BCUT2D eigenvalue weighted by Crippen LogP contribution is -2.30. The number of aliphatic hydroxyl groups excluding tert-OH is 1. The summed E-state index contributed by atoms with van der Waals surface area (Å²) >= 11 is 0. The van der Waals surface area contributed by atoms with Gasteiger partial charge in [-0.15, -0.1) is 0 Å². The van der Waals surface area contributed by atoms with Crippen LogP contribution < -0.4 is 0 Å². The number of rotatable bonds is 54. The number of aliphatic hydroxyl groups is 1. The van der Waals surface area contributed by atoms with Crippen LogP contribution in [0.2, 0.25) is 0 Å². The number of carbonyl (C=O) groups is 3. The number of phosphoric acid groups is 1. The van der Waals surface area contributed by atoms with Crippen molar-refractivity contribution in [1.29, 1.82) is 0 Å². The summed E-state index contributed by atoms with van der Waals surface area (Å²) in [7, 11) is -4.76. The van der Waals surface area contributed by atoms with E-state index in [4.69, 9.17) is 23.3 Å². The van der Waals surface area contributed by atoms with Crippen LogP contribution in [0.3, 0.4) is 0 Å². The molecule has 74 heavy (non-hydrogen) atoms. The second-order valence-electron chi connectivity index (χ2n) is 19.4. The average Bonchev–Trinajstić information content (AvgIpc) is 3.39. The van der Waals surface area contributed by atoms with Crippen LogP contribution in [0.25, 0.3) is 0 Å². The summed E-state index contributed by atoms with van der Waals surface area (Å²) in [6.45, 7) is 4.38. The minimum absolute atomic E-state index is 0.139. The molecule has 0 aliphatic carbocycles. The molecule has 0 radical (unpaired) electrons. The third kappa shape index (κ3) is 53.5. The fourth-order valence-electron chi connectivity index (χ4n) is 7.85. The summed E-state index contributed by atoms with van der Waals surface area (Å²) in [4.78, 5) is 48.6. The van der Waals surface area contributed by atoms with E-state index in [-0.39, 0.29) is 25.9 Å². The third-order valence-corrected chi connectivity index (χ3v) is 13.2. The van der Waals surface area contributed by atoms with Gasteiger partial charge in [0, 0.05) is 19.3 Å². The highest BCUT2D eigenvalue weighted by atomic mass is 31.2. The Balaban J connectivity index is 4.77. The molecule has 12 heteroatoms. The number of phosphoric ester groups is 1. The first kappa shape index (κ1) is 70.7. The molecule has 0 spiro atoms. The Kier molecular flexibility index (Phi) is 53.4. The molecule has 0 rings (SSSR count). The number of unbranched alkanes of at least 4 members (excludes halogenated alkanes) is 23. The molecule has 11 nitrogen and oxygen atoms in total. The lowest BCUT2D eigenvalue weighted by molar-refractivity contribution is -0.161. The lowest BCUT2D eigenvalue weighted by atomic mass is 10.1. The number of ether oxygens (including phenoxy) is 3. The van der Waals surface area contributed by atoms with Crippen LogP contribution in [0.1, 0.15) is 252 Å². The predicted octanol–water partition coefficient (Wildman–Crippen LogP) is 17.5. The van der Waals surface area contributed by atoms with Crippen LogP contribution in [0, 0.1) is 0 Å². The van der Waals surface area contributed by atoms with E-state index in [0.29, 0.717) is 19.3 Å². The van der Waals surface area contributed by atoms with Gasteiger partial charge in [0.25, 0.3) is 0 Å². The molecule has 0 bridgehead atoms. The van der Waals surface area contributed by atoms with E-state index in [1.165, 1.54) is 70.6 Å². The molecule has 426 valence electrons. The first-order valence-electron chi connectivity index (χ1n) is 29.5. The number of carbonyl (C=O) groups excluding carboxylic acids is 3.